The first-order chi connectivity index (χ1) is 6.74. The summed E-state index contributed by atoms with van der Waals surface area (Å²) in [7, 11) is 1.23. The van der Waals surface area contributed by atoms with Gasteiger partial charge in [-0.05, 0) is 6.07 Å². The zero-order valence-corrected chi connectivity index (χ0v) is 7.52. The third-order valence-corrected chi connectivity index (χ3v) is 1.75. The summed E-state index contributed by atoms with van der Waals surface area (Å²) in [6.45, 7) is 0.783. The topological polar surface area (TPSA) is 70.3 Å². The molecule has 14 heavy (non-hydrogen) atoms. The van der Waals surface area contributed by atoms with E-state index in [4.69, 9.17) is 10.4 Å². The molecule has 0 fully saturated rings. The molecule has 4 heteroatoms. The molecular formula is C10H8NO3. The van der Waals surface area contributed by atoms with Crippen molar-refractivity contribution in [2.75, 3.05) is 7.11 Å². The lowest BCUT2D eigenvalue weighted by atomic mass is 10.0. The number of hydrogen-bond donors (Lipinski definition) is 1. The average molecular weight is 190 g/mol. The Balaban J connectivity index is 3.31. The summed E-state index contributed by atoms with van der Waals surface area (Å²) in [6.07, 6.45) is 0. The highest BCUT2D eigenvalue weighted by atomic mass is 16.5. The van der Waals surface area contributed by atoms with E-state index in [1.807, 2.05) is 6.07 Å². The van der Waals surface area contributed by atoms with Gasteiger partial charge in [0.15, 0.2) is 0 Å². The molecule has 0 aliphatic carbocycles. The van der Waals surface area contributed by atoms with Gasteiger partial charge in [-0.2, -0.15) is 5.26 Å². The molecule has 0 aliphatic rings. The quantitative estimate of drug-likeness (QED) is 0.712. The lowest BCUT2D eigenvalue weighted by molar-refractivity contribution is 0.0600. The first-order valence-electron chi connectivity index (χ1n) is 3.83. The Hall–Kier alpha value is -1.86. The lowest BCUT2D eigenvalue weighted by Crippen LogP contribution is -2.05. The van der Waals surface area contributed by atoms with Crippen molar-refractivity contribution < 1.29 is 14.6 Å². The Labute approximate surface area is 81.4 Å². The van der Waals surface area contributed by atoms with Gasteiger partial charge < -0.3 is 9.84 Å². The molecule has 1 aromatic rings. The summed E-state index contributed by atoms with van der Waals surface area (Å²) in [4.78, 5) is 11.2. The predicted molar refractivity (Wildman–Crippen MR) is 47.8 cm³/mol. The predicted octanol–water partition coefficient (Wildman–Crippen LogP) is 1.23. The standard InChI is InChI=1S/C10H8NO3/c1-14-10(13)8-4-2-3-7(6-12)9(8)5-11/h2-4,6,12H,1H3. The minimum atomic E-state index is -0.592. The van der Waals surface area contributed by atoms with Crippen molar-refractivity contribution >= 4 is 5.97 Å². The van der Waals surface area contributed by atoms with E-state index in [-0.39, 0.29) is 11.1 Å². The van der Waals surface area contributed by atoms with E-state index >= 15 is 0 Å². The van der Waals surface area contributed by atoms with Crippen LogP contribution in [0.25, 0.3) is 0 Å². The third kappa shape index (κ3) is 1.73. The number of methoxy groups -OCH3 is 1. The molecule has 1 aromatic carbocycles. The van der Waals surface area contributed by atoms with E-state index in [0.717, 1.165) is 6.61 Å². The lowest BCUT2D eigenvalue weighted by Gasteiger charge is -2.04. The third-order valence-electron chi connectivity index (χ3n) is 1.75. The maximum atomic E-state index is 11.2. The van der Waals surface area contributed by atoms with Gasteiger partial charge in [-0.1, -0.05) is 12.1 Å². The van der Waals surface area contributed by atoms with E-state index in [1.165, 1.54) is 19.2 Å². The van der Waals surface area contributed by atoms with Crippen LogP contribution in [-0.4, -0.2) is 18.2 Å². The SMILES string of the molecule is COC(=O)c1cccc([CH]O)c1C#N. The van der Waals surface area contributed by atoms with E-state index in [9.17, 15) is 4.79 Å². The number of nitriles is 1. The zero-order valence-electron chi connectivity index (χ0n) is 7.52. The Bertz CT molecular complexity index is 393. The molecule has 0 unspecified atom stereocenters. The largest absolute Gasteiger partial charge is 0.465 e. The van der Waals surface area contributed by atoms with E-state index in [1.54, 1.807) is 6.07 Å². The van der Waals surface area contributed by atoms with Gasteiger partial charge in [-0.25, -0.2) is 4.79 Å². The maximum Gasteiger partial charge on any atom is 0.339 e. The molecule has 1 radical (unpaired) electrons. The smallest absolute Gasteiger partial charge is 0.339 e. The molecule has 0 atom stereocenters. The van der Waals surface area contributed by atoms with E-state index in [0.29, 0.717) is 5.56 Å². The number of carbonyl (C=O) groups is 1. The van der Waals surface area contributed by atoms with Crippen LogP contribution in [0.1, 0.15) is 21.5 Å². The van der Waals surface area contributed by atoms with Crippen molar-refractivity contribution in [2.24, 2.45) is 0 Å². The molecule has 0 aliphatic heterocycles. The highest BCUT2D eigenvalue weighted by Crippen LogP contribution is 2.15. The van der Waals surface area contributed by atoms with Crippen LogP contribution in [0, 0.1) is 17.9 Å². The number of aliphatic hydroxyl groups is 1. The van der Waals surface area contributed by atoms with Crippen molar-refractivity contribution in [2.45, 2.75) is 0 Å². The molecule has 1 rings (SSSR count). The molecule has 0 saturated heterocycles. The van der Waals surface area contributed by atoms with Gasteiger partial charge >= 0.3 is 5.97 Å². The summed E-state index contributed by atoms with van der Waals surface area (Å²) < 4.78 is 4.49. The number of benzene rings is 1. The molecule has 0 aromatic heterocycles. The summed E-state index contributed by atoms with van der Waals surface area (Å²) in [5.41, 5.74) is 0.565. The van der Waals surface area contributed by atoms with Crippen LogP contribution in [-0.2, 0) is 4.74 Å². The summed E-state index contributed by atoms with van der Waals surface area (Å²) in [6, 6.07) is 6.41. The minimum absolute atomic E-state index is 0.113. The van der Waals surface area contributed by atoms with Crippen LogP contribution in [0.2, 0.25) is 0 Å². The van der Waals surface area contributed by atoms with Gasteiger partial charge in [0.1, 0.15) is 12.7 Å². The molecule has 0 heterocycles. The molecule has 0 bridgehead atoms. The molecule has 4 nitrogen and oxygen atoms in total. The van der Waals surface area contributed by atoms with E-state index < -0.39 is 5.97 Å². The maximum absolute atomic E-state index is 11.2. The zero-order chi connectivity index (χ0) is 10.6. The Morgan fingerprint density at radius 1 is 1.64 bits per heavy atom. The van der Waals surface area contributed by atoms with Crippen molar-refractivity contribution in [3.63, 3.8) is 0 Å². The molecule has 1 N–H and O–H groups in total. The van der Waals surface area contributed by atoms with Crippen LogP contribution >= 0.6 is 0 Å². The van der Waals surface area contributed by atoms with Crippen LogP contribution in [0.3, 0.4) is 0 Å². The number of rotatable bonds is 2. The Kier molecular flexibility index (Phi) is 3.21. The summed E-state index contributed by atoms with van der Waals surface area (Å²) >= 11 is 0. The number of aliphatic hydroxyl groups excluding tert-OH is 1. The van der Waals surface area contributed by atoms with Gasteiger partial charge in [0.2, 0.25) is 0 Å². The van der Waals surface area contributed by atoms with Gasteiger partial charge in [-0.3, -0.25) is 0 Å². The number of hydrogen-bond acceptors (Lipinski definition) is 4. The van der Waals surface area contributed by atoms with Gasteiger partial charge in [0.05, 0.1) is 18.2 Å². The van der Waals surface area contributed by atoms with Crippen molar-refractivity contribution in [3.05, 3.63) is 41.5 Å². The fourth-order valence-electron chi connectivity index (χ4n) is 1.08. The number of nitrogens with zero attached hydrogens (tertiary/aromatic N) is 1. The second-order valence-electron chi connectivity index (χ2n) is 2.50. The van der Waals surface area contributed by atoms with Crippen molar-refractivity contribution in [3.8, 4) is 6.07 Å². The minimum Gasteiger partial charge on any atom is -0.465 e. The normalized spacial score (nSPS) is 9.21. The molecule has 0 spiro atoms. The van der Waals surface area contributed by atoms with Crippen LogP contribution in [0.5, 0.6) is 0 Å². The highest BCUT2D eigenvalue weighted by Gasteiger charge is 2.14. The van der Waals surface area contributed by atoms with Gasteiger partial charge in [-0.15, -0.1) is 0 Å². The van der Waals surface area contributed by atoms with Crippen LogP contribution in [0.15, 0.2) is 18.2 Å². The highest BCUT2D eigenvalue weighted by molar-refractivity contribution is 5.92. The second-order valence-corrected chi connectivity index (χ2v) is 2.50. The number of carbonyl (C=O) groups excluding carboxylic acids is 1. The molecule has 71 valence electrons. The van der Waals surface area contributed by atoms with Crippen LogP contribution in [0.4, 0.5) is 0 Å². The summed E-state index contributed by atoms with van der Waals surface area (Å²) in [5, 5.41) is 17.6. The van der Waals surface area contributed by atoms with Gasteiger partial charge in [0, 0.05) is 5.56 Å². The Morgan fingerprint density at radius 3 is 2.86 bits per heavy atom. The molecular weight excluding hydrogens is 182 g/mol. The van der Waals surface area contributed by atoms with Crippen molar-refractivity contribution in [1.82, 2.24) is 0 Å². The Morgan fingerprint density at radius 2 is 2.36 bits per heavy atom. The van der Waals surface area contributed by atoms with E-state index in [2.05, 4.69) is 4.74 Å². The number of ether oxygens (including phenoxy) is 1. The monoisotopic (exact) mass is 190 g/mol. The number of esters is 1. The average Bonchev–Trinajstić information content (AvgIpc) is 2.26. The summed E-state index contributed by atoms with van der Waals surface area (Å²) in [5.74, 6) is -0.592. The fourth-order valence-corrected chi connectivity index (χ4v) is 1.08. The molecule has 0 amide bonds. The van der Waals surface area contributed by atoms with Crippen LogP contribution < -0.4 is 0 Å². The van der Waals surface area contributed by atoms with Crippen molar-refractivity contribution in [1.29, 1.82) is 5.26 Å². The first kappa shape index (κ1) is 10.2. The molecule has 0 saturated carbocycles. The van der Waals surface area contributed by atoms with Gasteiger partial charge in [0.25, 0.3) is 0 Å². The fraction of sp³-hybridized carbons (Fsp3) is 0.100. The second kappa shape index (κ2) is 4.40. The first-order valence-corrected chi connectivity index (χ1v) is 3.83.